The van der Waals surface area contributed by atoms with Crippen molar-refractivity contribution in [2.45, 2.75) is 77.2 Å². The number of amides is 3. The number of aryl methyl sites for hydroxylation is 1. The first-order valence-electron chi connectivity index (χ1n) is 13.5. The number of nitrogens with one attached hydrogen (secondary N) is 4. The summed E-state index contributed by atoms with van der Waals surface area (Å²) in [5, 5.41) is 11.3. The lowest BCUT2D eigenvalue weighted by atomic mass is 9.87. The maximum atomic E-state index is 13.5. The summed E-state index contributed by atoms with van der Waals surface area (Å²) in [5.41, 5.74) is 3.04. The number of hydrogen-bond acceptors (Lipinski definition) is 6. The highest BCUT2D eigenvalue weighted by Gasteiger charge is 2.33. The molecular weight excluding hydrogens is 496 g/mol. The van der Waals surface area contributed by atoms with Gasteiger partial charge in [0.2, 0.25) is 17.7 Å². The van der Waals surface area contributed by atoms with Crippen LogP contribution >= 0.6 is 0 Å². The van der Waals surface area contributed by atoms with Gasteiger partial charge in [-0.05, 0) is 55.8 Å². The molecule has 0 saturated heterocycles. The normalized spacial score (nSPS) is 16.8. The number of likely N-dealkylation sites (N-methyl/N-ethyl adjacent to an activating group) is 1. The van der Waals surface area contributed by atoms with E-state index in [4.69, 9.17) is 4.74 Å². The monoisotopic (exact) mass is 536 g/mol. The molecule has 1 aliphatic carbocycles. The molecule has 1 aliphatic rings. The molecule has 210 valence electrons. The van der Waals surface area contributed by atoms with E-state index < -0.39 is 35.9 Å². The summed E-state index contributed by atoms with van der Waals surface area (Å²) >= 11 is 0. The van der Waals surface area contributed by atoms with Gasteiger partial charge < -0.3 is 26.0 Å². The van der Waals surface area contributed by atoms with Crippen LogP contribution in [0.3, 0.4) is 0 Å². The van der Waals surface area contributed by atoms with Gasteiger partial charge in [-0.2, -0.15) is 0 Å². The molecule has 0 saturated carbocycles. The molecule has 0 heterocycles. The van der Waals surface area contributed by atoms with Gasteiger partial charge in [0, 0.05) is 0 Å². The number of carbonyl (C=O) groups excluding carboxylic acids is 4. The molecule has 4 unspecified atom stereocenters. The first-order chi connectivity index (χ1) is 18.7. The highest BCUT2D eigenvalue weighted by atomic mass is 16.5. The Balaban J connectivity index is 1.75. The summed E-state index contributed by atoms with van der Waals surface area (Å²) in [6, 6.07) is 14.4. The quantitative estimate of drug-likeness (QED) is 0.309. The predicted octanol–water partition coefficient (Wildman–Crippen LogP) is 2.55. The second-order valence-corrected chi connectivity index (χ2v) is 10.3. The van der Waals surface area contributed by atoms with E-state index in [1.54, 1.807) is 27.8 Å². The highest BCUT2D eigenvalue weighted by Crippen LogP contribution is 2.29. The van der Waals surface area contributed by atoms with Crippen LogP contribution < -0.4 is 21.3 Å². The Morgan fingerprint density at radius 2 is 1.59 bits per heavy atom. The average Bonchev–Trinajstić information content (AvgIpc) is 2.94. The summed E-state index contributed by atoms with van der Waals surface area (Å²) in [7, 11) is 1.65. The smallest absolute Gasteiger partial charge is 0.308 e. The number of benzene rings is 2. The molecule has 2 aromatic carbocycles. The molecule has 0 bridgehead atoms. The molecule has 3 amide bonds. The van der Waals surface area contributed by atoms with Crippen LogP contribution in [0.2, 0.25) is 0 Å². The third kappa shape index (κ3) is 8.64. The number of carbonyl (C=O) groups is 4. The minimum absolute atomic E-state index is 0.0601. The Hall–Kier alpha value is -3.72. The molecule has 39 heavy (non-hydrogen) atoms. The fraction of sp³-hybridized carbons (Fsp3) is 0.467. The molecule has 0 spiro atoms. The highest BCUT2D eigenvalue weighted by molar-refractivity contribution is 5.94. The van der Waals surface area contributed by atoms with E-state index in [0.717, 1.165) is 30.4 Å². The molecule has 9 nitrogen and oxygen atoms in total. The Morgan fingerprint density at radius 1 is 0.897 bits per heavy atom. The summed E-state index contributed by atoms with van der Waals surface area (Å²) in [4.78, 5) is 52.1. The van der Waals surface area contributed by atoms with Gasteiger partial charge in [-0.3, -0.25) is 19.2 Å². The zero-order valence-electron chi connectivity index (χ0n) is 23.2. The van der Waals surface area contributed by atoms with Crippen LogP contribution in [0.4, 0.5) is 0 Å². The van der Waals surface area contributed by atoms with Gasteiger partial charge in [0.05, 0.1) is 18.5 Å². The molecular formula is C30H40N4O5. The van der Waals surface area contributed by atoms with Crippen molar-refractivity contribution in [3.63, 3.8) is 0 Å². The average molecular weight is 537 g/mol. The van der Waals surface area contributed by atoms with Crippen molar-refractivity contribution in [2.75, 3.05) is 7.05 Å². The maximum absolute atomic E-state index is 13.5. The van der Waals surface area contributed by atoms with Crippen molar-refractivity contribution in [3.8, 4) is 0 Å². The van der Waals surface area contributed by atoms with Crippen LogP contribution in [0.5, 0.6) is 0 Å². The van der Waals surface area contributed by atoms with E-state index in [0.29, 0.717) is 0 Å². The molecule has 0 fully saturated rings. The van der Waals surface area contributed by atoms with Gasteiger partial charge in [0.15, 0.2) is 0 Å². The second kappa shape index (κ2) is 14.4. The molecule has 4 N–H and O–H groups in total. The summed E-state index contributed by atoms with van der Waals surface area (Å²) in [6.45, 7) is 5.35. The molecule has 2 aromatic rings. The van der Waals surface area contributed by atoms with Crippen LogP contribution in [0, 0.1) is 5.92 Å². The van der Waals surface area contributed by atoms with Crippen molar-refractivity contribution in [2.24, 2.45) is 5.92 Å². The Morgan fingerprint density at radius 3 is 2.28 bits per heavy atom. The Labute approximate surface area is 230 Å². The molecule has 0 radical (unpaired) electrons. The lowest BCUT2D eigenvalue weighted by molar-refractivity contribution is -0.147. The predicted molar refractivity (Wildman–Crippen MR) is 148 cm³/mol. The van der Waals surface area contributed by atoms with Gasteiger partial charge in [0.1, 0.15) is 18.7 Å². The zero-order valence-corrected chi connectivity index (χ0v) is 23.2. The van der Waals surface area contributed by atoms with Crippen molar-refractivity contribution in [1.82, 2.24) is 21.3 Å². The number of hydrogen-bond donors (Lipinski definition) is 4. The molecule has 3 rings (SSSR count). The fourth-order valence-electron chi connectivity index (χ4n) is 4.55. The first kappa shape index (κ1) is 29.8. The molecule has 0 aliphatic heterocycles. The van der Waals surface area contributed by atoms with Crippen molar-refractivity contribution in [3.05, 3.63) is 71.3 Å². The maximum Gasteiger partial charge on any atom is 0.308 e. The van der Waals surface area contributed by atoms with E-state index in [1.165, 1.54) is 5.56 Å². The largest absolute Gasteiger partial charge is 0.461 e. The van der Waals surface area contributed by atoms with Gasteiger partial charge >= 0.3 is 5.97 Å². The van der Waals surface area contributed by atoms with E-state index in [-0.39, 0.29) is 30.9 Å². The zero-order chi connectivity index (χ0) is 28.4. The minimum atomic E-state index is -1.17. The van der Waals surface area contributed by atoms with Gasteiger partial charge in [0.25, 0.3) is 0 Å². The SMILES string of the molecule is CNC(C)C(=O)NC(C(=O)NC(CC(=O)OCc1ccccc1)C(=O)NC1CCCc2ccccc21)C(C)C. The van der Waals surface area contributed by atoms with Crippen molar-refractivity contribution in [1.29, 1.82) is 0 Å². The fourth-order valence-corrected chi connectivity index (χ4v) is 4.55. The third-order valence-corrected chi connectivity index (χ3v) is 7.01. The standard InChI is InChI=1S/C30H40N4O5/c1-19(2)27(34-28(36)20(3)31-4)30(38)33-25(17-26(35)39-18-21-11-6-5-7-12-21)29(37)32-24-16-10-14-22-13-8-9-15-23(22)24/h5-9,11-13,15,19-20,24-25,27,31H,10,14,16-18H2,1-4H3,(H,32,37)(H,33,38)(H,34,36). The lowest BCUT2D eigenvalue weighted by Gasteiger charge is -2.29. The van der Waals surface area contributed by atoms with Gasteiger partial charge in [-0.15, -0.1) is 0 Å². The molecule has 4 atom stereocenters. The number of ether oxygens (including phenoxy) is 1. The molecule has 0 aromatic heterocycles. The topological polar surface area (TPSA) is 126 Å². The van der Waals surface area contributed by atoms with E-state index in [2.05, 4.69) is 27.3 Å². The van der Waals surface area contributed by atoms with Crippen LogP contribution in [-0.2, 0) is 36.9 Å². The van der Waals surface area contributed by atoms with Crippen molar-refractivity contribution < 1.29 is 23.9 Å². The summed E-state index contributed by atoms with van der Waals surface area (Å²) in [5.74, 6) is -2.22. The Bertz CT molecular complexity index is 1140. The summed E-state index contributed by atoms with van der Waals surface area (Å²) < 4.78 is 5.41. The van der Waals surface area contributed by atoms with E-state index >= 15 is 0 Å². The number of rotatable bonds is 12. The van der Waals surface area contributed by atoms with Gasteiger partial charge in [-0.25, -0.2) is 0 Å². The lowest BCUT2D eigenvalue weighted by Crippen LogP contribution is -2.57. The minimum Gasteiger partial charge on any atom is -0.461 e. The Kier molecular flexibility index (Phi) is 11.0. The summed E-state index contributed by atoms with van der Waals surface area (Å²) in [6.07, 6.45) is 2.28. The number of esters is 1. The van der Waals surface area contributed by atoms with Crippen LogP contribution in [-0.4, -0.2) is 48.9 Å². The second-order valence-electron chi connectivity index (χ2n) is 10.3. The molecule has 9 heteroatoms. The van der Waals surface area contributed by atoms with Crippen LogP contribution in [0.1, 0.15) is 62.8 Å². The van der Waals surface area contributed by atoms with Crippen molar-refractivity contribution >= 4 is 23.7 Å². The van der Waals surface area contributed by atoms with E-state index in [9.17, 15) is 19.2 Å². The van der Waals surface area contributed by atoms with E-state index in [1.807, 2.05) is 48.5 Å². The van der Waals surface area contributed by atoms with Crippen LogP contribution in [0.25, 0.3) is 0 Å². The third-order valence-electron chi connectivity index (χ3n) is 7.01. The number of fused-ring (bicyclic) bond motifs is 1. The van der Waals surface area contributed by atoms with Crippen LogP contribution in [0.15, 0.2) is 54.6 Å². The van der Waals surface area contributed by atoms with Gasteiger partial charge in [-0.1, -0.05) is 68.4 Å². The first-order valence-corrected chi connectivity index (χ1v) is 13.5.